The lowest BCUT2D eigenvalue weighted by Crippen LogP contribution is -2.48. The second-order valence-corrected chi connectivity index (χ2v) is 9.04. The van der Waals surface area contributed by atoms with E-state index in [1.54, 1.807) is 4.31 Å². The molecule has 2 saturated heterocycles. The van der Waals surface area contributed by atoms with Crippen LogP contribution in [-0.2, 0) is 10.0 Å². The Morgan fingerprint density at radius 1 is 1.00 bits per heavy atom. The van der Waals surface area contributed by atoms with Gasteiger partial charge in [0.1, 0.15) is 0 Å². The topological polar surface area (TPSA) is 69.9 Å². The fourth-order valence-corrected chi connectivity index (χ4v) is 4.36. The number of hydrogen-bond acceptors (Lipinski definition) is 5. The predicted molar refractivity (Wildman–Crippen MR) is 100 cm³/mol. The number of nitrogen functional groups attached to an aromatic ring is 1. The zero-order valence-corrected chi connectivity index (χ0v) is 15.4. The molecule has 0 bridgehead atoms. The Morgan fingerprint density at radius 2 is 1.62 bits per heavy atom. The second-order valence-electron chi connectivity index (χ2n) is 7.06. The van der Waals surface area contributed by atoms with Gasteiger partial charge in [-0.2, -0.15) is 4.31 Å². The third-order valence-corrected chi connectivity index (χ3v) is 6.51. The number of piperidine rings is 1. The molecule has 7 heteroatoms. The van der Waals surface area contributed by atoms with Gasteiger partial charge < -0.3 is 15.5 Å². The van der Waals surface area contributed by atoms with Crippen LogP contribution in [0.3, 0.4) is 0 Å². The standard InChI is InChI=1S/C17H28N4O2S/c1-14-5-7-20(8-6-14)17-13-15(3-4-16(17)18)19-9-11-21(12-10-19)24(2,22)23/h3-4,13-14H,5-12,18H2,1-2H3. The van der Waals surface area contributed by atoms with Gasteiger partial charge >= 0.3 is 0 Å². The first-order valence-corrected chi connectivity index (χ1v) is 10.5. The fourth-order valence-electron chi connectivity index (χ4n) is 3.53. The van der Waals surface area contributed by atoms with Gasteiger partial charge in [0.2, 0.25) is 10.0 Å². The van der Waals surface area contributed by atoms with Crippen molar-refractivity contribution in [2.45, 2.75) is 19.8 Å². The Balaban J connectivity index is 1.72. The molecule has 6 nitrogen and oxygen atoms in total. The summed E-state index contributed by atoms with van der Waals surface area (Å²) in [6.07, 6.45) is 3.69. The summed E-state index contributed by atoms with van der Waals surface area (Å²) in [6, 6.07) is 6.19. The van der Waals surface area contributed by atoms with Crippen molar-refractivity contribution in [1.29, 1.82) is 0 Å². The smallest absolute Gasteiger partial charge is 0.211 e. The summed E-state index contributed by atoms with van der Waals surface area (Å²) in [4.78, 5) is 4.63. The van der Waals surface area contributed by atoms with Crippen molar-refractivity contribution in [3.63, 3.8) is 0 Å². The number of hydrogen-bond donors (Lipinski definition) is 1. The maximum absolute atomic E-state index is 11.6. The van der Waals surface area contributed by atoms with Crippen LogP contribution < -0.4 is 15.5 Å². The number of sulfonamides is 1. The lowest BCUT2D eigenvalue weighted by Gasteiger charge is -2.36. The Bertz CT molecular complexity index is 676. The highest BCUT2D eigenvalue weighted by Gasteiger charge is 2.24. The van der Waals surface area contributed by atoms with Gasteiger partial charge in [-0.3, -0.25) is 0 Å². The van der Waals surface area contributed by atoms with Crippen LogP contribution >= 0.6 is 0 Å². The molecule has 2 heterocycles. The van der Waals surface area contributed by atoms with Crippen molar-refractivity contribution < 1.29 is 8.42 Å². The molecule has 2 fully saturated rings. The fraction of sp³-hybridized carbons (Fsp3) is 0.647. The van der Waals surface area contributed by atoms with Crippen LogP contribution in [0.1, 0.15) is 19.8 Å². The normalized spacial score (nSPS) is 21.2. The van der Waals surface area contributed by atoms with Gasteiger partial charge in [-0.1, -0.05) is 6.92 Å². The van der Waals surface area contributed by atoms with E-state index >= 15 is 0 Å². The molecule has 0 radical (unpaired) electrons. The van der Waals surface area contributed by atoms with Crippen molar-refractivity contribution >= 4 is 27.1 Å². The van der Waals surface area contributed by atoms with Gasteiger partial charge in [-0.25, -0.2) is 8.42 Å². The van der Waals surface area contributed by atoms with Crippen LogP contribution in [0.5, 0.6) is 0 Å². The van der Waals surface area contributed by atoms with E-state index in [0.717, 1.165) is 36.1 Å². The molecule has 0 aliphatic carbocycles. The van der Waals surface area contributed by atoms with Crippen molar-refractivity contribution in [2.75, 3.05) is 61.1 Å². The quantitative estimate of drug-likeness (QED) is 0.837. The first kappa shape index (κ1) is 17.4. The first-order valence-electron chi connectivity index (χ1n) is 8.69. The van der Waals surface area contributed by atoms with Crippen LogP contribution in [0.2, 0.25) is 0 Å². The van der Waals surface area contributed by atoms with Gasteiger partial charge in [0.15, 0.2) is 0 Å². The Kier molecular flexibility index (Phi) is 4.92. The van der Waals surface area contributed by atoms with Gasteiger partial charge in [0.25, 0.3) is 0 Å². The van der Waals surface area contributed by atoms with Crippen LogP contribution in [0.25, 0.3) is 0 Å². The maximum atomic E-state index is 11.6. The second kappa shape index (κ2) is 6.80. The van der Waals surface area contributed by atoms with E-state index in [1.807, 2.05) is 12.1 Å². The molecule has 0 aromatic heterocycles. The molecule has 2 N–H and O–H groups in total. The van der Waals surface area contributed by atoms with Crippen LogP contribution in [0.4, 0.5) is 17.1 Å². The first-order chi connectivity index (χ1) is 11.3. The summed E-state index contributed by atoms with van der Waals surface area (Å²) < 4.78 is 24.8. The van der Waals surface area contributed by atoms with E-state index in [-0.39, 0.29) is 0 Å². The van der Waals surface area contributed by atoms with E-state index in [4.69, 9.17) is 5.73 Å². The predicted octanol–water partition coefficient (Wildman–Crippen LogP) is 1.59. The lowest BCUT2D eigenvalue weighted by molar-refractivity contribution is 0.388. The summed E-state index contributed by atoms with van der Waals surface area (Å²) in [6.45, 7) is 6.92. The summed E-state index contributed by atoms with van der Waals surface area (Å²) in [5.74, 6) is 0.787. The molecular weight excluding hydrogens is 324 g/mol. The van der Waals surface area contributed by atoms with E-state index in [2.05, 4.69) is 22.8 Å². The van der Waals surface area contributed by atoms with Crippen LogP contribution in [0.15, 0.2) is 18.2 Å². The summed E-state index contributed by atoms with van der Waals surface area (Å²) in [5.41, 5.74) is 9.28. The Labute approximate surface area is 145 Å². The number of rotatable bonds is 3. The summed E-state index contributed by atoms with van der Waals surface area (Å²) in [7, 11) is -3.09. The average Bonchev–Trinajstić information content (AvgIpc) is 2.56. The SMILES string of the molecule is CC1CCN(c2cc(N3CCN(S(C)(=O)=O)CC3)ccc2N)CC1. The highest BCUT2D eigenvalue weighted by atomic mass is 32.2. The Morgan fingerprint density at radius 3 is 2.21 bits per heavy atom. The highest BCUT2D eigenvalue weighted by Crippen LogP contribution is 2.32. The molecule has 0 spiro atoms. The molecule has 1 aromatic rings. The molecule has 134 valence electrons. The molecular formula is C17H28N4O2S. The molecule has 1 aromatic carbocycles. The monoisotopic (exact) mass is 352 g/mol. The minimum absolute atomic E-state index is 0.541. The minimum atomic E-state index is -3.09. The molecule has 0 atom stereocenters. The number of piperazine rings is 1. The van der Waals surface area contributed by atoms with E-state index in [9.17, 15) is 8.42 Å². The molecule has 24 heavy (non-hydrogen) atoms. The molecule has 0 amide bonds. The van der Waals surface area contributed by atoms with E-state index < -0.39 is 10.0 Å². The summed E-state index contributed by atoms with van der Waals surface area (Å²) in [5, 5.41) is 0. The lowest BCUT2D eigenvalue weighted by atomic mass is 9.98. The van der Waals surface area contributed by atoms with Gasteiger partial charge in [0.05, 0.1) is 17.6 Å². The van der Waals surface area contributed by atoms with Crippen LogP contribution in [0, 0.1) is 5.92 Å². The molecule has 2 aliphatic rings. The minimum Gasteiger partial charge on any atom is -0.397 e. The van der Waals surface area contributed by atoms with Crippen molar-refractivity contribution in [3.05, 3.63) is 18.2 Å². The van der Waals surface area contributed by atoms with Crippen LogP contribution in [-0.4, -0.2) is 58.2 Å². The van der Waals surface area contributed by atoms with Gasteiger partial charge in [0, 0.05) is 45.0 Å². The van der Waals surface area contributed by atoms with Gasteiger partial charge in [-0.15, -0.1) is 0 Å². The molecule has 0 unspecified atom stereocenters. The number of nitrogens with two attached hydrogens (primary N) is 1. The molecule has 2 aliphatic heterocycles. The maximum Gasteiger partial charge on any atom is 0.211 e. The zero-order valence-electron chi connectivity index (χ0n) is 14.6. The average molecular weight is 353 g/mol. The Hall–Kier alpha value is -1.47. The van der Waals surface area contributed by atoms with Crippen molar-refractivity contribution in [2.24, 2.45) is 5.92 Å². The highest BCUT2D eigenvalue weighted by molar-refractivity contribution is 7.88. The van der Waals surface area contributed by atoms with E-state index in [1.165, 1.54) is 19.1 Å². The zero-order chi connectivity index (χ0) is 17.3. The largest absolute Gasteiger partial charge is 0.397 e. The number of anilines is 3. The third kappa shape index (κ3) is 3.78. The van der Waals surface area contributed by atoms with Gasteiger partial charge in [-0.05, 0) is 37.0 Å². The third-order valence-electron chi connectivity index (χ3n) is 5.21. The van der Waals surface area contributed by atoms with E-state index in [0.29, 0.717) is 26.2 Å². The number of nitrogens with zero attached hydrogens (tertiary/aromatic N) is 3. The van der Waals surface area contributed by atoms with Crippen molar-refractivity contribution in [1.82, 2.24) is 4.31 Å². The number of benzene rings is 1. The van der Waals surface area contributed by atoms with Crippen molar-refractivity contribution in [3.8, 4) is 0 Å². The molecule has 0 saturated carbocycles. The molecule has 3 rings (SSSR count). The summed E-state index contributed by atoms with van der Waals surface area (Å²) >= 11 is 0.